The number of amides is 1. The van der Waals surface area contributed by atoms with Gasteiger partial charge in [0.05, 0.1) is 23.4 Å². The van der Waals surface area contributed by atoms with Crippen molar-refractivity contribution in [1.82, 2.24) is 20.1 Å². The maximum absolute atomic E-state index is 13.7. The van der Waals surface area contributed by atoms with Gasteiger partial charge in [0.15, 0.2) is 11.0 Å². The van der Waals surface area contributed by atoms with Gasteiger partial charge in [0, 0.05) is 0 Å². The van der Waals surface area contributed by atoms with Crippen LogP contribution in [0.3, 0.4) is 0 Å². The second-order valence-electron chi connectivity index (χ2n) is 5.65. The summed E-state index contributed by atoms with van der Waals surface area (Å²) in [7, 11) is 0. The van der Waals surface area contributed by atoms with Gasteiger partial charge in [-0.3, -0.25) is 9.36 Å². The highest BCUT2D eigenvalue weighted by Crippen LogP contribution is 2.31. The highest BCUT2D eigenvalue weighted by atomic mass is 32.2. The minimum atomic E-state index is -4.50. The molecule has 1 aromatic heterocycles. The van der Waals surface area contributed by atoms with Crippen LogP contribution in [-0.4, -0.2) is 26.9 Å². The minimum Gasteiger partial charge on any atom is -0.345 e. The average molecular weight is 410 g/mol. The van der Waals surface area contributed by atoms with Crippen LogP contribution in [0.25, 0.3) is 5.69 Å². The van der Waals surface area contributed by atoms with E-state index in [1.54, 1.807) is 6.26 Å². The number of alkyl halides is 3. The molecule has 1 amide bonds. The molecule has 3 rings (SSSR count). The van der Waals surface area contributed by atoms with Gasteiger partial charge < -0.3 is 5.32 Å². The molecular formula is C18H14F4N4OS. The van der Waals surface area contributed by atoms with Gasteiger partial charge >= 0.3 is 6.18 Å². The van der Waals surface area contributed by atoms with Crippen LogP contribution in [-0.2, 0) is 12.7 Å². The van der Waals surface area contributed by atoms with Gasteiger partial charge in [-0.1, -0.05) is 30.0 Å². The van der Waals surface area contributed by atoms with E-state index in [1.807, 2.05) is 0 Å². The Kier molecular flexibility index (Phi) is 5.68. The number of hydrogen-bond donors (Lipinski definition) is 1. The summed E-state index contributed by atoms with van der Waals surface area (Å²) >= 11 is 1.19. The molecule has 0 bridgehead atoms. The Morgan fingerprint density at radius 3 is 2.57 bits per heavy atom. The first-order chi connectivity index (χ1) is 13.3. The maximum Gasteiger partial charge on any atom is 0.416 e. The van der Waals surface area contributed by atoms with Gasteiger partial charge in [0.25, 0.3) is 5.91 Å². The lowest BCUT2D eigenvalue weighted by atomic mass is 10.2. The van der Waals surface area contributed by atoms with Crippen LogP contribution >= 0.6 is 11.8 Å². The number of carbonyl (C=O) groups excluding carboxylic acids is 1. The van der Waals surface area contributed by atoms with Crippen molar-refractivity contribution in [3.8, 4) is 5.69 Å². The molecule has 0 saturated heterocycles. The highest BCUT2D eigenvalue weighted by molar-refractivity contribution is 7.98. The van der Waals surface area contributed by atoms with E-state index < -0.39 is 23.5 Å². The molecule has 0 aliphatic rings. The van der Waals surface area contributed by atoms with Gasteiger partial charge in [-0.05, 0) is 36.6 Å². The molecule has 10 heteroatoms. The molecule has 0 unspecified atom stereocenters. The Morgan fingerprint density at radius 1 is 1.14 bits per heavy atom. The third-order valence-electron chi connectivity index (χ3n) is 3.84. The summed E-state index contributed by atoms with van der Waals surface area (Å²) < 4.78 is 54.2. The summed E-state index contributed by atoms with van der Waals surface area (Å²) in [5, 5.41) is 10.8. The first-order valence-electron chi connectivity index (χ1n) is 8.00. The van der Waals surface area contributed by atoms with Crippen LogP contribution in [0.4, 0.5) is 17.6 Å². The topological polar surface area (TPSA) is 59.8 Å². The Labute approximate surface area is 161 Å². The van der Waals surface area contributed by atoms with E-state index >= 15 is 0 Å². The molecule has 0 aliphatic carbocycles. The van der Waals surface area contributed by atoms with Crippen molar-refractivity contribution in [2.75, 3.05) is 6.26 Å². The van der Waals surface area contributed by atoms with E-state index in [4.69, 9.17) is 0 Å². The molecule has 28 heavy (non-hydrogen) atoms. The van der Waals surface area contributed by atoms with Crippen molar-refractivity contribution >= 4 is 17.7 Å². The summed E-state index contributed by atoms with van der Waals surface area (Å²) in [6.45, 7) is -0.142. The number of carbonyl (C=O) groups is 1. The number of aromatic nitrogens is 3. The standard InChI is InChI=1S/C18H14F4N4OS/c1-28-17-25-24-15(10-23-16(27)13-7-2-3-8-14(13)19)26(17)12-6-4-5-11(9-12)18(20,21)22/h2-9H,10H2,1H3,(H,23,27). The fraction of sp³-hybridized carbons (Fsp3) is 0.167. The summed E-state index contributed by atoms with van der Waals surface area (Å²) in [4.78, 5) is 12.2. The third-order valence-corrected chi connectivity index (χ3v) is 4.47. The average Bonchev–Trinajstić information content (AvgIpc) is 3.09. The quantitative estimate of drug-likeness (QED) is 0.509. The number of thioether (sulfide) groups is 1. The summed E-state index contributed by atoms with van der Waals surface area (Å²) in [5.41, 5.74) is -0.746. The molecule has 0 radical (unpaired) electrons. The monoisotopic (exact) mass is 410 g/mol. The summed E-state index contributed by atoms with van der Waals surface area (Å²) in [6, 6.07) is 10.2. The highest BCUT2D eigenvalue weighted by Gasteiger charge is 2.31. The Hall–Kier alpha value is -2.88. The van der Waals surface area contributed by atoms with Crippen LogP contribution in [0.2, 0.25) is 0 Å². The van der Waals surface area contributed by atoms with Crippen molar-refractivity contribution < 1.29 is 22.4 Å². The molecule has 5 nitrogen and oxygen atoms in total. The Morgan fingerprint density at radius 2 is 1.89 bits per heavy atom. The van der Waals surface area contributed by atoms with E-state index in [0.29, 0.717) is 5.16 Å². The Balaban J connectivity index is 1.89. The van der Waals surface area contributed by atoms with Gasteiger partial charge in [0.1, 0.15) is 5.82 Å². The lowest BCUT2D eigenvalue weighted by Gasteiger charge is -2.13. The van der Waals surface area contributed by atoms with Crippen LogP contribution in [0.15, 0.2) is 53.7 Å². The number of nitrogens with zero attached hydrogens (tertiary/aromatic N) is 3. The van der Waals surface area contributed by atoms with E-state index in [1.165, 1.54) is 46.7 Å². The van der Waals surface area contributed by atoms with Crippen molar-refractivity contribution in [3.63, 3.8) is 0 Å². The number of nitrogens with one attached hydrogen (secondary N) is 1. The maximum atomic E-state index is 13.7. The zero-order valence-electron chi connectivity index (χ0n) is 14.5. The van der Waals surface area contributed by atoms with Crippen LogP contribution < -0.4 is 5.32 Å². The molecule has 1 heterocycles. The SMILES string of the molecule is CSc1nnc(CNC(=O)c2ccccc2F)n1-c1cccc(C(F)(F)F)c1. The Bertz CT molecular complexity index is 1000. The second kappa shape index (κ2) is 8.01. The van der Waals surface area contributed by atoms with Crippen molar-refractivity contribution in [3.05, 3.63) is 71.3 Å². The molecule has 3 aromatic rings. The van der Waals surface area contributed by atoms with Gasteiger partial charge in [0.2, 0.25) is 0 Å². The molecule has 0 spiro atoms. The largest absolute Gasteiger partial charge is 0.416 e. The molecule has 0 saturated carbocycles. The van der Waals surface area contributed by atoms with E-state index in [0.717, 1.165) is 18.2 Å². The number of halogens is 4. The summed E-state index contributed by atoms with van der Waals surface area (Å²) in [5.74, 6) is -1.13. The molecular weight excluding hydrogens is 396 g/mol. The number of benzene rings is 2. The van der Waals surface area contributed by atoms with Gasteiger partial charge in [-0.25, -0.2) is 4.39 Å². The van der Waals surface area contributed by atoms with Crippen molar-refractivity contribution in [2.24, 2.45) is 0 Å². The van der Waals surface area contributed by atoms with E-state index in [-0.39, 0.29) is 23.6 Å². The normalized spacial score (nSPS) is 11.5. The second-order valence-corrected chi connectivity index (χ2v) is 6.42. The third kappa shape index (κ3) is 4.16. The van der Waals surface area contributed by atoms with E-state index in [9.17, 15) is 22.4 Å². The lowest BCUT2D eigenvalue weighted by molar-refractivity contribution is -0.137. The molecule has 0 aliphatic heterocycles. The predicted octanol–water partition coefficient (Wildman–Crippen LogP) is 4.08. The van der Waals surface area contributed by atoms with Crippen LogP contribution in [0.5, 0.6) is 0 Å². The van der Waals surface area contributed by atoms with E-state index in [2.05, 4.69) is 15.5 Å². The first-order valence-corrected chi connectivity index (χ1v) is 9.22. The van der Waals surface area contributed by atoms with Crippen LogP contribution in [0, 0.1) is 5.82 Å². The molecule has 0 fully saturated rings. The van der Waals surface area contributed by atoms with Crippen molar-refractivity contribution in [1.29, 1.82) is 0 Å². The smallest absolute Gasteiger partial charge is 0.345 e. The fourth-order valence-corrected chi connectivity index (χ4v) is 3.04. The molecule has 146 valence electrons. The number of hydrogen-bond acceptors (Lipinski definition) is 4. The first kappa shape index (κ1) is 19.9. The predicted molar refractivity (Wildman–Crippen MR) is 95.7 cm³/mol. The molecule has 1 N–H and O–H groups in total. The van der Waals surface area contributed by atoms with Crippen LogP contribution in [0.1, 0.15) is 21.7 Å². The summed E-state index contributed by atoms with van der Waals surface area (Å²) in [6.07, 6.45) is -2.79. The minimum absolute atomic E-state index is 0.141. The zero-order valence-corrected chi connectivity index (χ0v) is 15.3. The lowest BCUT2D eigenvalue weighted by Crippen LogP contribution is -2.25. The van der Waals surface area contributed by atoms with Gasteiger partial charge in [-0.2, -0.15) is 13.2 Å². The molecule has 2 aromatic carbocycles. The van der Waals surface area contributed by atoms with Gasteiger partial charge in [-0.15, -0.1) is 10.2 Å². The fourth-order valence-electron chi connectivity index (χ4n) is 2.53. The zero-order chi connectivity index (χ0) is 20.3. The number of rotatable bonds is 5. The van der Waals surface area contributed by atoms with Crippen molar-refractivity contribution in [2.45, 2.75) is 17.9 Å². The molecule has 0 atom stereocenters.